The zero-order valence-electron chi connectivity index (χ0n) is 17.5. The fourth-order valence-electron chi connectivity index (χ4n) is 3.22. The topological polar surface area (TPSA) is 68.3 Å². The Morgan fingerprint density at radius 3 is 2.28 bits per heavy atom. The number of nitrogens with zero attached hydrogens (tertiary/aromatic N) is 2. The smallest absolute Gasteiger partial charge is 0.224 e. The highest BCUT2D eigenvalue weighted by atomic mass is 16.5. The summed E-state index contributed by atoms with van der Waals surface area (Å²) in [5.41, 5.74) is 4.75. The highest BCUT2D eigenvalue weighted by Gasteiger charge is 2.09. The SMILES string of the molecule is CCc1cccc(CC)c1Nc1ccnc(NCc2ccc(OC)c(OC)c2)n1. The molecule has 6 heteroatoms. The first-order chi connectivity index (χ1) is 14.2. The van der Waals surface area contributed by atoms with Crippen LogP contribution in [0.25, 0.3) is 0 Å². The maximum absolute atomic E-state index is 5.36. The van der Waals surface area contributed by atoms with E-state index in [0.717, 1.165) is 29.9 Å². The van der Waals surface area contributed by atoms with Crippen molar-refractivity contribution in [3.63, 3.8) is 0 Å². The molecule has 29 heavy (non-hydrogen) atoms. The molecule has 0 unspecified atom stereocenters. The largest absolute Gasteiger partial charge is 0.493 e. The average Bonchev–Trinajstić information content (AvgIpc) is 2.77. The molecular formula is C23H28N4O2. The zero-order chi connectivity index (χ0) is 20.6. The molecule has 0 atom stereocenters. The minimum Gasteiger partial charge on any atom is -0.493 e. The van der Waals surface area contributed by atoms with Gasteiger partial charge in [-0.05, 0) is 47.7 Å². The number of ether oxygens (including phenoxy) is 2. The number of para-hydroxylation sites is 1. The molecular weight excluding hydrogens is 364 g/mol. The number of benzene rings is 2. The number of aryl methyl sites for hydroxylation is 2. The lowest BCUT2D eigenvalue weighted by Crippen LogP contribution is -2.06. The summed E-state index contributed by atoms with van der Waals surface area (Å²) in [5, 5.41) is 6.76. The molecule has 3 aromatic rings. The molecule has 0 aliphatic carbocycles. The zero-order valence-corrected chi connectivity index (χ0v) is 17.5. The van der Waals surface area contributed by atoms with Gasteiger partial charge in [0.2, 0.25) is 5.95 Å². The monoisotopic (exact) mass is 392 g/mol. The average molecular weight is 393 g/mol. The first-order valence-corrected chi connectivity index (χ1v) is 9.84. The van der Waals surface area contributed by atoms with Crippen LogP contribution in [-0.2, 0) is 19.4 Å². The van der Waals surface area contributed by atoms with E-state index in [9.17, 15) is 0 Å². The van der Waals surface area contributed by atoms with Gasteiger partial charge in [0.15, 0.2) is 11.5 Å². The first kappa shape index (κ1) is 20.5. The standard InChI is InChI=1S/C23H28N4O2/c1-5-17-8-7-9-18(6-2)22(17)26-21-12-13-24-23(27-21)25-15-16-10-11-19(28-3)20(14-16)29-4/h7-14H,5-6,15H2,1-4H3,(H2,24,25,26,27). The summed E-state index contributed by atoms with van der Waals surface area (Å²) < 4.78 is 10.6. The number of methoxy groups -OCH3 is 2. The summed E-state index contributed by atoms with van der Waals surface area (Å²) in [6, 6.07) is 14.1. The van der Waals surface area contributed by atoms with Gasteiger partial charge in [-0.2, -0.15) is 4.98 Å². The Hall–Kier alpha value is -3.28. The third-order valence-electron chi connectivity index (χ3n) is 4.81. The third-order valence-corrected chi connectivity index (χ3v) is 4.81. The van der Waals surface area contributed by atoms with Gasteiger partial charge in [0.25, 0.3) is 0 Å². The van der Waals surface area contributed by atoms with E-state index in [1.165, 1.54) is 11.1 Å². The predicted octanol–water partition coefficient (Wildman–Crippen LogP) is 4.97. The maximum Gasteiger partial charge on any atom is 0.224 e. The fraction of sp³-hybridized carbons (Fsp3) is 0.304. The molecule has 2 aromatic carbocycles. The van der Waals surface area contributed by atoms with Gasteiger partial charge in [-0.1, -0.05) is 38.1 Å². The van der Waals surface area contributed by atoms with Crippen LogP contribution in [0.4, 0.5) is 17.5 Å². The van der Waals surface area contributed by atoms with E-state index in [1.54, 1.807) is 20.4 Å². The van der Waals surface area contributed by atoms with Crippen molar-refractivity contribution in [2.75, 3.05) is 24.9 Å². The molecule has 0 spiro atoms. The molecule has 1 heterocycles. The van der Waals surface area contributed by atoms with Crippen LogP contribution in [0.1, 0.15) is 30.5 Å². The Bertz CT molecular complexity index is 937. The first-order valence-electron chi connectivity index (χ1n) is 9.84. The summed E-state index contributed by atoms with van der Waals surface area (Å²) in [7, 11) is 3.26. The summed E-state index contributed by atoms with van der Waals surface area (Å²) in [6.45, 7) is 4.90. The summed E-state index contributed by atoms with van der Waals surface area (Å²) in [5.74, 6) is 2.74. The number of hydrogen-bond donors (Lipinski definition) is 2. The highest BCUT2D eigenvalue weighted by molar-refractivity contribution is 5.65. The van der Waals surface area contributed by atoms with Crippen LogP contribution >= 0.6 is 0 Å². The highest BCUT2D eigenvalue weighted by Crippen LogP contribution is 2.28. The van der Waals surface area contributed by atoms with E-state index < -0.39 is 0 Å². The van der Waals surface area contributed by atoms with Crippen LogP contribution in [-0.4, -0.2) is 24.2 Å². The predicted molar refractivity (Wildman–Crippen MR) is 117 cm³/mol. The van der Waals surface area contributed by atoms with E-state index in [2.05, 4.69) is 52.6 Å². The molecule has 6 nitrogen and oxygen atoms in total. The van der Waals surface area contributed by atoms with Crippen LogP contribution in [0, 0.1) is 0 Å². The summed E-state index contributed by atoms with van der Waals surface area (Å²) in [4.78, 5) is 8.96. The molecule has 0 aliphatic heterocycles. The van der Waals surface area contributed by atoms with Gasteiger partial charge in [-0.25, -0.2) is 4.98 Å². The number of rotatable bonds is 9. The van der Waals surface area contributed by atoms with E-state index in [1.807, 2.05) is 24.3 Å². The number of nitrogens with one attached hydrogen (secondary N) is 2. The van der Waals surface area contributed by atoms with E-state index in [-0.39, 0.29) is 0 Å². The van der Waals surface area contributed by atoms with Crippen LogP contribution in [0.15, 0.2) is 48.7 Å². The van der Waals surface area contributed by atoms with Gasteiger partial charge in [0.05, 0.1) is 14.2 Å². The van der Waals surface area contributed by atoms with Crippen molar-refractivity contribution in [1.29, 1.82) is 0 Å². The lowest BCUT2D eigenvalue weighted by Gasteiger charge is -2.15. The van der Waals surface area contributed by atoms with Crippen molar-refractivity contribution >= 4 is 17.5 Å². The van der Waals surface area contributed by atoms with Crippen molar-refractivity contribution in [2.45, 2.75) is 33.2 Å². The Balaban J connectivity index is 1.74. The van der Waals surface area contributed by atoms with E-state index >= 15 is 0 Å². The van der Waals surface area contributed by atoms with Crippen LogP contribution in [0.3, 0.4) is 0 Å². The second-order valence-corrected chi connectivity index (χ2v) is 6.59. The fourth-order valence-corrected chi connectivity index (χ4v) is 3.22. The number of hydrogen-bond acceptors (Lipinski definition) is 6. The van der Waals surface area contributed by atoms with Crippen molar-refractivity contribution in [2.24, 2.45) is 0 Å². The minimum absolute atomic E-state index is 0.566. The molecule has 0 amide bonds. The summed E-state index contributed by atoms with van der Waals surface area (Å²) >= 11 is 0. The molecule has 1 aromatic heterocycles. The molecule has 152 valence electrons. The third kappa shape index (κ3) is 4.96. The van der Waals surface area contributed by atoms with Crippen LogP contribution in [0.2, 0.25) is 0 Å². The lowest BCUT2D eigenvalue weighted by molar-refractivity contribution is 0.354. The molecule has 2 N–H and O–H groups in total. The molecule has 0 saturated heterocycles. The summed E-state index contributed by atoms with van der Waals surface area (Å²) in [6.07, 6.45) is 3.68. The molecule has 3 rings (SSSR count). The Morgan fingerprint density at radius 2 is 1.62 bits per heavy atom. The van der Waals surface area contributed by atoms with Gasteiger partial charge in [-0.3, -0.25) is 0 Å². The normalized spacial score (nSPS) is 10.5. The van der Waals surface area contributed by atoms with Crippen LogP contribution < -0.4 is 20.1 Å². The van der Waals surface area contributed by atoms with Crippen molar-refractivity contribution in [1.82, 2.24) is 9.97 Å². The number of anilines is 3. The Kier molecular flexibility index (Phi) is 6.89. The van der Waals surface area contributed by atoms with Gasteiger partial charge in [0.1, 0.15) is 5.82 Å². The quantitative estimate of drug-likeness (QED) is 0.536. The van der Waals surface area contributed by atoms with Gasteiger partial charge < -0.3 is 20.1 Å². The molecule has 0 radical (unpaired) electrons. The van der Waals surface area contributed by atoms with E-state index in [0.29, 0.717) is 24.0 Å². The minimum atomic E-state index is 0.566. The maximum atomic E-state index is 5.36. The van der Waals surface area contributed by atoms with Crippen molar-refractivity contribution in [3.8, 4) is 11.5 Å². The Morgan fingerprint density at radius 1 is 0.897 bits per heavy atom. The van der Waals surface area contributed by atoms with Crippen molar-refractivity contribution in [3.05, 3.63) is 65.4 Å². The van der Waals surface area contributed by atoms with E-state index in [4.69, 9.17) is 9.47 Å². The van der Waals surface area contributed by atoms with Gasteiger partial charge >= 0.3 is 0 Å². The lowest BCUT2D eigenvalue weighted by atomic mass is 10.0. The molecule has 0 bridgehead atoms. The molecule has 0 saturated carbocycles. The second kappa shape index (κ2) is 9.78. The van der Waals surface area contributed by atoms with Gasteiger partial charge in [-0.15, -0.1) is 0 Å². The molecule has 0 fully saturated rings. The molecule has 0 aliphatic rings. The Labute approximate surface area is 172 Å². The van der Waals surface area contributed by atoms with Crippen LogP contribution in [0.5, 0.6) is 11.5 Å². The number of aromatic nitrogens is 2. The van der Waals surface area contributed by atoms with Gasteiger partial charge in [0, 0.05) is 18.4 Å². The second-order valence-electron chi connectivity index (χ2n) is 6.59. The van der Waals surface area contributed by atoms with Crippen molar-refractivity contribution < 1.29 is 9.47 Å².